The van der Waals surface area contributed by atoms with Gasteiger partial charge in [0.25, 0.3) is 11.8 Å². The number of hydrogen-bond donors (Lipinski definition) is 3. The lowest BCUT2D eigenvalue weighted by atomic mass is 10.0. The Hall–Kier alpha value is -4.56. The molecule has 2 amide bonds. The van der Waals surface area contributed by atoms with E-state index in [0.717, 1.165) is 22.0 Å². The van der Waals surface area contributed by atoms with Crippen LogP contribution in [-0.2, 0) is 4.79 Å². The molecule has 0 saturated carbocycles. The predicted octanol–water partition coefficient (Wildman–Crippen LogP) is 5.61. The normalized spacial score (nSPS) is 11.0. The Labute approximate surface area is 238 Å². The number of nitrogens with zero attached hydrogens (tertiary/aromatic N) is 2. The van der Waals surface area contributed by atoms with Crippen LogP contribution in [0.25, 0.3) is 10.8 Å². The predicted molar refractivity (Wildman–Crippen MR) is 160 cm³/mol. The Bertz CT molecular complexity index is 1540. The zero-order valence-corrected chi connectivity index (χ0v) is 23.1. The lowest BCUT2D eigenvalue weighted by Gasteiger charge is -2.22. The van der Waals surface area contributed by atoms with Gasteiger partial charge < -0.3 is 20.1 Å². The molecule has 0 fully saturated rings. The lowest BCUT2D eigenvalue weighted by Crippen LogP contribution is -2.38. The Morgan fingerprint density at radius 2 is 1.82 bits per heavy atom. The first kappa shape index (κ1) is 28.4. The maximum absolute atomic E-state index is 12.9. The van der Waals surface area contributed by atoms with E-state index in [1.165, 1.54) is 30.0 Å². The van der Waals surface area contributed by atoms with Crippen molar-refractivity contribution >= 4 is 46.1 Å². The highest BCUT2D eigenvalue weighted by molar-refractivity contribution is 6.32. The van der Waals surface area contributed by atoms with Gasteiger partial charge in [-0.25, -0.2) is 5.43 Å². The van der Waals surface area contributed by atoms with Crippen molar-refractivity contribution in [1.82, 2.24) is 10.3 Å². The monoisotopic (exact) mass is 558 g/mol. The van der Waals surface area contributed by atoms with Gasteiger partial charge in [-0.05, 0) is 67.3 Å². The number of hydrogen-bond acceptors (Lipinski definition) is 6. The molecule has 40 heavy (non-hydrogen) atoms. The maximum atomic E-state index is 12.9. The summed E-state index contributed by atoms with van der Waals surface area (Å²) in [5, 5.41) is 18.7. The number of nitrogens with one attached hydrogen (secondary N) is 2. The van der Waals surface area contributed by atoms with Crippen molar-refractivity contribution < 1.29 is 19.4 Å². The molecule has 0 atom stereocenters. The largest absolute Gasteiger partial charge is 0.506 e. The van der Waals surface area contributed by atoms with Crippen LogP contribution in [0.5, 0.6) is 11.5 Å². The van der Waals surface area contributed by atoms with E-state index in [9.17, 15) is 14.7 Å². The van der Waals surface area contributed by atoms with Crippen molar-refractivity contribution in [2.75, 3.05) is 31.6 Å². The lowest BCUT2D eigenvalue weighted by molar-refractivity contribution is -0.133. The van der Waals surface area contributed by atoms with Gasteiger partial charge in [0.15, 0.2) is 6.61 Å². The molecule has 0 aliphatic carbocycles. The number of anilines is 1. The third kappa shape index (κ3) is 7.30. The molecule has 0 aliphatic heterocycles. The van der Waals surface area contributed by atoms with Gasteiger partial charge in [0.2, 0.25) is 0 Å². The summed E-state index contributed by atoms with van der Waals surface area (Å²) in [5.74, 6) is -0.0803. The summed E-state index contributed by atoms with van der Waals surface area (Å²) < 4.78 is 5.96. The summed E-state index contributed by atoms with van der Waals surface area (Å²) >= 11 is 5.88. The number of benzene rings is 4. The molecule has 0 spiro atoms. The van der Waals surface area contributed by atoms with Gasteiger partial charge in [0.05, 0.1) is 11.2 Å². The van der Waals surface area contributed by atoms with Crippen LogP contribution < -0.4 is 15.5 Å². The van der Waals surface area contributed by atoms with E-state index in [1.54, 1.807) is 11.0 Å². The summed E-state index contributed by atoms with van der Waals surface area (Å²) in [6.45, 7) is 5.68. The van der Waals surface area contributed by atoms with Crippen molar-refractivity contribution in [2.24, 2.45) is 5.10 Å². The minimum absolute atomic E-state index is 0.0812. The number of aryl methyl sites for hydroxylation is 1. The average molecular weight is 559 g/mol. The number of carbonyl (C=O) groups excluding carboxylic acids is 2. The molecular weight excluding hydrogens is 528 g/mol. The number of halogens is 1. The maximum Gasteiger partial charge on any atom is 0.271 e. The number of aromatic hydroxyl groups is 1. The first-order chi connectivity index (χ1) is 19.4. The number of likely N-dealkylation sites (N-methyl/N-ethyl adjacent to an activating group) is 1. The van der Waals surface area contributed by atoms with Gasteiger partial charge in [-0.15, -0.1) is 0 Å². The molecule has 3 N–H and O–H groups in total. The van der Waals surface area contributed by atoms with Crippen molar-refractivity contribution in [2.45, 2.75) is 13.8 Å². The van der Waals surface area contributed by atoms with E-state index in [2.05, 4.69) is 21.9 Å². The smallest absolute Gasteiger partial charge is 0.271 e. The molecule has 206 valence electrons. The van der Waals surface area contributed by atoms with Crippen LogP contribution in [-0.4, -0.2) is 54.3 Å². The molecule has 0 aliphatic rings. The molecule has 9 heteroatoms. The van der Waals surface area contributed by atoms with Gasteiger partial charge >= 0.3 is 0 Å². The van der Waals surface area contributed by atoms with E-state index in [4.69, 9.17) is 16.3 Å². The first-order valence-corrected chi connectivity index (χ1v) is 13.3. The zero-order chi connectivity index (χ0) is 28.5. The highest BCUT2D eigenvalue weighted by Gasteiger charge is 2.14. The molecular formula is C31H31ClN4O4. The third-order valence-electron chi connectivity index (χ3n) is 6.31. The van der Waals surface area contributed by atoms with Crippen LogP contribution in [0.2, 0.25) is 5.02 Å². The van der Waals surface area contributed by atoms with Crippen LogP contribution in [0.15, 0.2) is 84.0 Å². The third-order valence-corrected chi connectivity index (χ3v) is 6.61. The van der Waals surface area contributed by atoms with Gasteiger partial charge in [0, 0.05) is 41.8 Å². The molecule has 4 rings (SSSR count). The number of phenolic OH excluding ortho intramolecular Hbond substituents is 1. The summed E-state index contributed by atoms with van der Waals surface area (Å²) in [5.41, 5.74) is 5.70. The molecule has 4 aromatic rings. The highest BCUT2D eigenvalue weighted by Crippen LogP contribution is 2.28. The van der Waals surface area contributed by atoms with Crippen molar-refractivity contribution in [3.8, 4) is 11.5 Å². The molecule has 0 radical (unpaired) electrons. The summed E-state index contributed by atoms with van der Waals surface area (Å²) in [6, 6.07) is 23.5. The van der Waals surface area contributed by atoms with E-state index in [0.29, 0.717) is 25.4 Å². The van der Waals surface area contributed by atoms with E-state index < -0.39 is 5.91 Å². The quantitative estimate of drug-likeness (QED) is 0.164. The molecule has 0 unspecified atom stereocenters. The SMILES string of the molecule is CCN(CCNc1cccc(C)c1)C(=O)COc1ccc(/C=N/NC(=O)c2ccc(O)c(Cl)c2)c2ccccc12. The molecule has 0 aromatic heterocycles. The number of rotatable bonds is 11. The second-order valence-electron chi connectivity index (χ2n) is 9.12. The Morgan fingerprint density at radius 3 is 2.58 bits per heavy atom. The number of carbonyl (C=O) groups is 2. The fourth-order valence-electron chi connectivity index (χ4n) is 4.19. The standard InChI is InChI=1S/C31H31ClN4O4/c1-3-36(16-15-33-24-8-6-7-21(2)17-24)30(38)20-40-29-14-12-23(25-9-4-5-10-26(25)29)19-34-35-31(39)22-11-13-28(37)27(32)18-22/h4-14,17-19,33,37H,3,15-16,20H2,1-2H3,(H,35,39)/b34-19+. The first-order valence-electron chi connectivity index (χ1n) is 12.9. The Morgan fingerprint density at radius 1 is 1.02 bits per heavy atom. The van der Waals surface area contributed by atoms with E-state index >= 15 is 0 Å². The van der Waals surface area contributed by atoms with Crippen LogP contribution in [0.1, 0.15) is 28.4 Å². The number of ether oxygens (including phenoxy) is 1. The van der Waals surface area contributed by atoms with Gasteiger partial charge in [0.1, 0.15) is 11.5 Å². The average Bonchev–Trinajstić information content (AvgIpc) is 2.96. The van der Waals surface area contributed by atoms with Crippen molar-refractivity contribution in [3.05, 3.63) is 101 Å². The van der Waals surface area contributed by atoms with Gasteiger partial charge in [-0.1, -0.05) is 48.0 Å². The molecule has 0 saturated heterocycles. The Balaban J connectivity index is 1.37. The van der Waals surface area contributed by atoms with Crippen LogP contribution >= 0.6 is 11.6 Å². The van der Waals surface area contributed by atoms with Crippen LogP contribution in [0, 0.1) is 6.92 Å². The number of amides is 2. The number of phenols is 1. The fourth-order valence-corrected chi connectivity index (χ4v) is 4.37. The van der Waals surface area contributed by atoms with Gasteiger partial charge in [-0.2, -0.15) is 5.10 Å². The summed E-state index contributed by atoms with van der Waals surface area (Å²) in [6.07, 6.45) is 1.54. The second kappa shape index (κ2) is 13.5. The summed E-state index contributed by atoms with van der Waals surface area (Å²) in [7, 11) is 0. The number of hydrazone groups is 1. The molecule has 4 aromatic carbocycles. The van der Waals surface area contributed by atoms with Crippen LogP contribution in [0.3, 0.4) is 0 Å². The summed E-state index contributed by atoms with van der Waals surface area (Å²) in [4.78, 5) is 27.0. The fraction of sp³-hybridized carbons (Fsp3) is 0.194. The molecule has 0 bridgehead atoms. The highest BCUT2D eigenvalue weighted by atomic mass is 35.5. The topological polar surface area (TPSA) is 103 Å². The minimum atomic E-state index is -0.463. The van der Waals surface area contributed by atoms with Crippen molar-refractivity contribution in [3.63, 3.8) is 0 Å². The van der Waals surface area contributed by atoms with Gasteiger partial charge in [-0.3, -0.25) is 9.59 Å². The molecule has 8 nitrogen and oxygen atoms in total. The Kier molecular flexibility index (Phi) is 9.59. The minimum Gasteiger partial charge on any atom is -0.506 e. The number of fused-ring (bicyclic) bond motifs is 1. The van der Waals surface area contributed by atoms with E-state index in [-0.39, 0.29) is 28.8 Å². The zero-order valence-electron chi connectivity index (χ0n) is 22.4. The second-order valence-corrected chi connectivity index (χ2v) is 9.53. The van der Waals surface area contributed by atoms with E-state index in [1.807, 2.05) is 62.4 Å². The van der Waals surface area contributed by atoms with Crippen molar-refractivity contribution in [1.29, 1.82) is 0 Å². The molecule has 0 heterocycles. The van der Waals surface area contributed by atoms with Crippen LogP contribution in [0.4, 0.5) is 5.69 Å².